The Morgan fingerprint density at radius 1 is 1.11 bits per heavy atom. The fourth-order valence-electron chi connectivity index (χ4n) is 3.66. The second-order valence-electron chi connectivity index (χ2n) is 5.88. The first-order valence-electron chi connectivity index (χ1n) is 7.02. The maximum atomic E-state index is 9.93. The predicted octanol–water partition coefficient (Wildman–Crippen LogP) is 3.48. The van der Waals surface area contributed by atoms with Gasteiger partial charge in [0.05, 0.1) is 0 Å². The van der Waals surface area contributed by atoms with E-state index in [1.54, 1.807) is 0 Å². The Morgan fingerprint density at radius 3 is 2.28 bits per heavy atom. The summed E-state index contributed by atoms with van der Waals surface area (Å²) in [5.41, 5.74) is 11.1. The molecule has 2 heteroatoms. The molecule has 100 valence electrons. The average molecular weight is 247 g/mol. The number of aromatic hydroxyl groups is 1. The Balaban J connectivity index is 2.58. The number of phenolic OH excluding ortho intramolecular Hbond substituents is 1. The summed E-state index contributed by atoms with van der Waals surface area (Å²) >= 11 is 0. The van der Waals surface area contributed by atoms with Gasteiger partial charge in [-0.1, -0.05) is 19.3 Å². The smallest absolute Gasteiger partial charge is 0.119 e. The van der Waals surface area contributed by atoms with E-state index in [0.29, 0.717) is 5.75 Å². The van der Waals surface area contributed by atoms with E-state index in [9.17, 15) is 5.11 Å². The van der Waals surface area contributed by atoms with Crippen LogP contribution in [0, 0.1) is 20.8 Å². The van der Waals surface area contributed by atoms with Crippen molar-refractivity contribution in [1.29, 1.82) is 0 Å². The molecule has 0 bridgehead atoms. The van der Waals surface area contributed by atoms with Crippen molar-refractivity contribution >= 4 is 0 Å². The molecule has 0 amide bonds. The number of hydrogen-bond donors (Lipinski definition) is 2. The summed E-state index contributed by atoms with van der Waals surface area (Å²) in [6, 6.07) is 1.91. The Bertz CT molecular complexity index is 445. The number of rotatable bonds is 2. The molecule has 1 aliphatic rings. The fourth-order valence-corrected chi connectivity index (χ4v) is 3.66. The zero-order valence-electron chi connectivity index (χ0n) is 11.8. The van der Waals surface area contributed by atoms with Gasteiger partial charge in [-0.2, -0.15) is 0 Å². The van der Waals surface area contributed by atoms with Gasteiger partial charge in [0.1, 0.15) is 5.75 Å². The van der Waals surface area contributed by atoms with Gasteiger partial charge >= 0.3 is 0 Å². The molecule has 0 spiro atoms. The average Bonchev–Trinajstić information content (AvgIpc) is 2.37. The lowest BCUT2D eigenvalue weighted by Gasteiger charge is -2.39. The van der Waals surface area contributed by atoms with Crippen LogP contribution in [0.3, 0.4) is 0 Å². The SMILES string of the molecule is Cc1cc(O)c(C)c(C)c1C1(CN)CCCCC1. The van der Waals surface area contributed by atoms with Crippen LogP contribution in [-0.2, 0) is 5.41 Å². The molecule has 0 saturated heterocycles. The molecule has 1 aromatic carbocycles. The summed E-state index contributed by atoms with van der Waals surface area (Å²) in [7, 11) is 0. The van der Waals surface area contributed by atoms with E-state index in [1.807, 2.05) is 13.0 Å². The summed E-state index contributed by atoms with van der Waals surface area (Å²) in [6.45, 7) is 6.95. The molecule has 1 fully saturated rings. The molecule has 1 saturated carbocycles. The third-order valence-corrected chi connectivity index (χ3v) is 4.80. The van der Waals surface area contributed by atoms with E-state index in [1.165, 1.54) is 48.8 Å². The first kappa shape index (κ1) is 13.4. The fraction of sp³-hybridized carbons (Fsp3) is 0.625. The third-order valence-electron chi connectivity index (χ3n) is 4.80. The van der Waals surface area contributed by atoms with Crippen molar-refractivity contribution in [2.24, 2.45) is 5.73 Å². The van der Waals surface area contributed by atoms with Gasteiger partial charge in [0.15, 0.2) is 0 Å². The molecule has 0 radical (unpaired) electrons. The normalized spacial score (nSPS) is 18.9. The summed E-state index contributed by atoms with van der Waals surface area (Å²) in [4.78, 5) is 0. The van der Waals surface area contributed by atoms with Crippen molar-refractivity contribution in [2.45, 2.75) is 58.3 Å². The number of benzene rings is 1. The molecule has 3 N–H and O–H groups in total. The van der Waals surface area contributed by atoms with Gasteiger partial charge < -0.3 is 10.8 Å². The Hall–Kier alpha value is -1.02. The minimum atomic E-state index is 0.144. The summed E-state index contributed by atoms with van der Waals surface area (Å²) in [5, 5.41) is 9.93. The number of nitrogens with two attached hydrogens (primary N) is 1. The second kappa shape index (κ2) is 4.93. The molecule has 1 aliphatic carbocycles. The highest BCUT2D eigenvalue weighted by molar-refractivity contribution is 5.51. The highest BCUT2D eigenvalue weighted by atomic mass is 16.3. The van der Waals surface area contributed by atoms with E-state index < -0.39 is 0 Å². The van der Waals surface area contributed by atoms with Gasteiger partial charge in [-0.3, -0.25) is 0 Å². The Labute approximate surface area is 110 Å². The van der Waals surface area contributed by atoms with Gasteiger partial charge in [0.25, 0.3) is 0 Å². The second-order valence-corrected chi connectivity index (χ2v) is 5.88. The van der Waals surface area contributed by atoms with Gasteiger partial charge in [-0.05, 0) is 61.9 Å². The monoisotopic (exact) mass is 247 g/mol. The summed E-state index contributed by atoms with van der Waals surface area (Å²) in [6.07, 6.45) is 6.26. The van der Waals surface area contributed by atoms with Crippen molar-refractivity contribution in [3.63, 3.8) is 0 Å². The zero-order valence-corrected chi connectivity index (χ0v) is 11.8. The van der Waals surface area contributed by atoms with Crippen LogP contribution in [0.4, 0.5) is 0 Å². The van der Waals surface area contributed by atoms with E-state index in [-0.39, 0.29) is 5.41 Å². The predicted molar refractivity (Wildman–Crippen MR) is 76.1 cm³/mol. The molecule has 0 aromatic heterocycles. The van der Waals surface area contributed by atoms with Crippen LogP contribution in [0.5, 0.6) is 5.75 Å². The third kappa shape index (κ3) is 2.03. The van der Waals surface area contributed by atoms with Crippen molar-refractivity contribution in [1.82, 2.24) is 0 Å². The van der Waals surface area contributed by atoms with Crippen LogP contribution in [-0.4, -0.2) is 11.7 Å². The maximum absolute atomic E-state index is 9.93. The van der Waals surface area contributed by atoms with E-state index >= 15 is 0 Å². The largest absolute Gasteiger partial charge is 0.508 e. The van der Waals surface area contributed by atoms with Crippen LogP contribution in [0.25, 0.3) is 0 Å². The van der Waals surface area contributed by atoms with Crippen molar-refractivity contribution < 1.29 is 5.11 Å². The molecule has 0 aliphatic heterocycles. The first-order chi connectivity index (χ1) is 8.52. The molecule has 2 nitrogen and oxygen atoms in total. The molecular weight excluding hydrogens is 222 g/mol. The standard InChI is InChI=1S/C16H25NO/c1-11-9-14(18)12(2)13(3)15(11)16(10-17)7-5-4-6-8-16/h9,18H,4-8,10,17H2,1-3H3. The van der Waals surface area contributed by atoms with E-state index in [0.717, 1.165) is 12.1 Å². The Kier molecular flexibility index (Phi) is 3.67. The summed E-state index contributed by atoms with van der Waals surface area (Å²) < 4.78 is 0. The van der Waals surface area contributed by atoms with Crippen molar-refractivity contribution in [3.8, 4) is 5.75 Å². The van der Waals surface area contributed by atoms with E-state index in [2.05, 4.69) is 13.8 Å². The maximum Gasteiger partial charge on any atom is 0.119 e. The van der Waals surface area contributed by atoms with Gasteiger partial charge in [0.2, 0.25) is 0 Å². The van der Waals surface area contributed by atoms with Crippen LogP contribution in [0.15, 0.2) is 6.07 Å². The van der Waals surface area contributed by atoms with Crippen molar-refractivity contribution in [3.05, 3.63) is 28.3 Å². The minimum Gasteiger partial charge on any atom is -0.508 e. The van der Waals surface area contributed by atoms with Crippen LogP contribution >= 0.6 is 0 Å². The van der Waals surface area contributed by atoms with Crippen molar-refractivity contribution in [2.75, 3.05) is 6.54 Å². The lowest BCUT2D eigenvalue weighted by atomic mass is 9.66. The molecule has 0 atom stereocenters. The lowest BCUT2D eigenvalue weighted by molar-refractivity contribution is 0.298. The molecular formula is C16H25NO. The zero-order chi connectivity index (χ0) is 13.3. The van der Waals surface area contributed by atoms with Crippen LogP contribution < -0.4 is 5.73 Å². The number of phenols is 1. The first-order valence-corrected chi connectivity index (χ1v) is 7.02. The Morgan fingerprint density at radius 2 is 1.72 bits per heavy atom. The lowest BCUT2D eigenvalue weighted by Crippen LogP contribution is -2.38. The number of aryl methyl sites for hydroxylation is 1. The van der Waals surface area contributed by atoms with Gasteiger partial charge in [-0.15, -0.1) is 0 Å². The van der Waals surface area contributed by atoms with Crippen LogP contribution in [0.1, 0.15) is 54.4 Å². The van der Waals surface area contributed by atoms with Gasteiger partial charge in [0, 0.05) is 12.0 Å². The van der Waals surface area contributed by atoms with Gasteiger partial charge in [-0.25, -0.2) is 0 Å². The topological polar surface area (TPSA) is 46.2 Å². The number of hydrogen-bond acceptors (Lipinski definition) is 2. The van der Waals surface area contributed by atoms with E-state index in [4.69, 9.17) is 5.73 Å². The minimum absolute atomic E-state index is 0.144. The summed E-state index contributed by atoms with van der Waals surface area (Å²) in [5.74, 6) is 0.414. The quantitative estimate of drug-likeness (QED) is 0.840. The molecule has 0 unspecified atom stereocenters. The molecule has 2 rings (SSSR count). The highest BCUT2D eigenvalue weighted by Crippen LogP contribution is 2.43. The molecule has 1 aromatic rings. The highest BCUT2D eigenvalue weighted by Gasteiger charge is 2.35. The van der Waals surface area contributed by atoms with Crippen LogP contribution in [0.2, 0.25) is 0 Å². The molecule has 18 heavy (non-hydrogen) atoms. The molecule has 0 heterocycles.